The van der Waals surface area contributed by atoms with Gasteiger partial charge in [-0.1, -0.05) is 0 Å². The van der Waals surface area contributed by atoms with Crippen molar-refractivity contribution in [2.45, 2.75) is 37.5 Å². The van der Waals surface area contributed by atoms with Crippen molar-refractivity contribution in [1.82, 2.24) is 16.0 Å². The minimum absolute atomic E-state index is 0.108. The van der Waals surface area contributed by atoms with Gasteiger partial charge in [-0.3, -0.25) is 14.4 Å². The number of carboxylic acid groups (broad SMARTS) is 1. The molecule has 0 aromatic rings. The zero-order valence-electron chi connectivity index (χ0n) is 14.6. The van der Waals surface area contributed by atoms with Gasteiger partial charge in [0.2, 0.25) is 17.7 Å². The van der Waals surface area contributed by atoms with Crippen molar-refractivity contribution in [1.29, 1.82) is 0 Å². The first-order chi connectivity index (χ1) is 12.2. The van der Waals surface area contributed by atoms with E-state index in [9.17, 15) is 19.2 Å². The smallest absolute Gasteiger partial charge is 0.328 e. The van der Waals surface area contributed by atoms with Crippen molar-refractivity contribution in [3.63, 3.8) is 0 Å². The maximum absolute atomic E-state index is 12.1. The van der Waals surface area contributed by atoms with E-state index >= 15 is 0 Å². The summed E-state index contributed by atoms with van der Waals surface area (Å²) in [5.74, 6) is -2.77. The molecule has 4 atom stereocenters. The zero-order chi connectivity index (χ0) is 20.3. The highest BCUT2D eigenvalue weighted by Crippen LogP contribution is 1.99. The topological polar surface area (TPSA) is 171 Å². The molecule has 26 heavy (non-hydrogen) atoms. The van der Waals surface area contributed by atoms with Gasteiger partial charge < -0.3 is 31.9 Å². The molecule has 10 nitrogen and oxygen atoms in total. The highest BCUT2D eigenvalue weighted by atomic mass is 32.2. The molecule has 0 aromatic carbocycles. The fourth-order valence-electron chi connectivity index (χ4n) is 1.71. The number of carbonyl (C=O) groups is 4. The Hall–Kier alpha value is -1.50. The van der Waals surface area contributed by atoms with E-state index in [1.165, 1.54) is 6.92 Å². The van der Waals surface area contributed by atoms with Crippen LogP contribution in [-0.2, 0) is 19.2 Å². The number of hydrogen-bond acceptors (Lipinski definition) is 8. The molecule has 0 bridgehead atoms. The van der Waals surface area contributed by atoms with Crippen molar-refractivity contribution < 1.29 is 29.4 Å². The molecule has 0 aliphatic heterocycles. The molecule has 7 N–H and O–H groups in total. The van der Waals surface area contributed by atoms with E-state index in [2.05, 4.69) is 28.6 Å². The Kier molecular flexibility index (Phi) is 12.1. The molecule has 0 rings (SSSR count). The number of aliphatic carboxylic acids is 1. The number of carboxylic acids is 1. The van der Waals surface area contributed by atoms with Gasteiger partial charge in [0.1, 0.15) is 18.1 Å². The van der Waals surface area contributed by atoms with Crippen LogP contribution in [0.1, 0.15) is 13.3 Å². The van der Waals surface area contributed by atoms with Crippen LogP contribution in [0.15, 0.2) is 0 Å². The van der Waals surface area contributed by atoms with Crippen LogP contribution >= 0.6 is 24.4 Å². The average Bonchev–Trinajstić information content (AvgIpc) is 2.60. The average molecular weight is 411 g/mol. The monoisotopic (exact) mass is 410 g/mol. The molecule has 0 aliphatic carbocycles. The van der Waals surface area contributed by atoms with Crippen molar-refractivity contribution in [3.05, 3.63) is 0 Å². The van der Waals surface area contributed by atoms with Crippen LogP contribution in [0.4, 0.5) is 0 Å². The molecule has 4 unspecified atom stereocenters. The normalized spacial score (nSPS) is 15.3. The van der Waals surface area contributed by atoms with Crippen LogP contribution in [-0.4, -0.2) is 82.4 Å². The lowest BCUT2D eigenvalue weighted by Gasteiger charge is -2.22. The Balaban J connectivity index is 4.66. The molecule has 150 valence electrons. The van der Waals surface area contributed by atoms with Crippen LogP contribution in [0, 0.1) is 0 Å². The molecule has 0 saturated heterocycles. The van der Waals surface area contributed by atoms with Crippen LogP contribution in [0.25, 0.3) is 0 Å². The van der Waals surface area contributed by atoms with Crippen LogP contribution < -0.4 is 21.7 Å². The number of aliphatic hydroxyl groups excluding tert-OH is 1. The highest BCUT2D eigenvalue weighted by molar-refractivity contribution is 7.98. The predicted molar refractivity (Wildman–Crippen MR) is 101 cm³/mol. The van der Waals surface area contributed by atoms with Gasteiger partial charge in [-0.15, -0.1) is 0 Å². The standard InChI is InChI=1S/C14H26N4O6S2/c1-7(16-12(21)8(15)3-4-26-2)11(20)18-10(6-25)13(22)17-9(5-19)14(23)24/h7-10,19,25H,3-6,15H2,1-2H3,(H,16,21)(H,17,22)(H,18,20)(H,23,24). The van der Waals surface area contributed by atoms with Gasteiger partial charge in [-0.05, 0) is 25.4 Å². The third kappa shape index (κ3) is 8.74. The summed E-state index contributed by atoms with van der Waals surface area (Å²) in [6.45, 7) is 0.629. The van der Waals surface area contributed by atoms with Gasteiger partial charge in [0.05, 0.1) is 12.6 Å². The molecule has 0 saturated carbocycles. The summed E-state index contributed by atoms with van der Waals surface area (Å²) >= 11 is 5.49. The van der Waals surface area contributed by atoms with Crippen molar-refractivity contribution >= 4 is 48.1 Å². The Bertz CT molecular complexity index is 508. The Morgan fingerprint density at radius 1 is 1.08 bits per heavy atom. The van der Waals surface area contributed by atoms with Crippen LogP contribution in [0.5, 0.6) is 0 Å². The summed E-state index contributed by atoms with van der Waals surface area (Å²) in [4.78, 5) is 46.8. The summed E-state index contributed by atoms with van der Waals surface area (Å²) in [7, 11) is 0. The summed E-state index contributed by atoms with van der Waals surface area (Å²) in [5, 5.41) is 24.6. The molecular formula is C14H26N4O6S2. The number of thioether (sulfide) groups is 1. The lowest BCUT2D eigenvalue weighted by Crippen LogP contribution is -2.57. The number of nitrogens with two attached hydrogens (primary N) is 1. The van der Waals surface area contributed by atoms with Crippen molar-refractivity contribution in [3.8, 4) is 0 Å². The SMILES string of the molecule is CSCCC(N)C(=O)NC(C)C(=O)NC(CS)C(=O)NC(CO)C(=O)O. The van der Waals surface area contributed by atoms with E-state index in [4.69, 9.17) is 15.9 Å². The fraction of sp³-hybridized carbons (Fsp3) is 0.714. The van der Waals surface area contributed by atoms with Crippen molar-refractivity contribution in [2.24, 2.45) is 5.73 Å². The van der Waals surface area contributed by atoms with E-state index < -0.39 is 54.5 Å². The maximum Gasteiger partial charge on any atom is 0.328 e. The first-order valence-corrected chi connectivity index (χ1v) is 9.80. The van der Waals surface area contributed by atoms with Gasteiger partial charge in [-0.25, -0.2) is 4.79 Å². The summed E-state index contributed by atoms with van der Waals surface area (Å²) in [6.07, 6.45) is 2.34. The first kappa shape index (κ1) is 24.5. The predicted octanol–water partition coefficient (Wildman–Crippen LogP) is -2.45. The highest BCUT2D eigenvalue weighted by Gasteiger charge is 2.27. The number of nitrogens with one attached hydrogen (secondary N) is 3. The Labute approximate surface area is 161 Å². The maximum atomic E-state index is 12.1. The third-order valence-corrected chi connectivity index (χ3v) is 4.34. The van der Waals surface area contributed by atoms with Gasteiger partial charge in [0.25, 0.3) is 0 Å². The molecule has 0 aromatic heterocycles. The molecule has 0 radical (unpaired) electrons. The number of aliphatic hydroxyl groups is 1. The first-order valence-electron chi connectivity index (χ1n) is 7.78. The van der Waals surface area contributed by atoms with E-state index in [1.807, 2.05) is 6.26 Å². The van der Waals surface area contributed by atoms with Crippen LogP contribution in [0.2, 0.25) is 0 Å². The van der Waals surface area contributed by atoms with Gasteiger partial charge in [0.15, 0.2) is 0 Å². The molecular weight excluding hydrogens is 384 g/mol. The minimum atomic E-state index is -1.49. The largest absolute Gasteiger partial charge is 0.480 e. The second kappa shape index (κ2) is 12.8. The molecule has 0 fully saturated rings. The number of hydrogen-bond donors (Lipinski definition) is 7. The zero-order valence-corrected chi connectivity index (χ0v) is 16.3. The number of carbonyl (C=O) groups excluding carboxylic acids is 3. The quantitative estimate of drug-likeness (QED) is 0.174. The molecule has 0 heterocycles. The van der Waals surface area contributed by atoms with E-state index in [-0.39, 0.29) is 5.75 Å². The number of amides is 3. The molecule has 12 heteroatoms. The van der Waals surface area contributed by atoms with Gasteiger partial charge in [-0.2, -0.15) is 24.4 Å². The fourth-order valence-corrected chi connectivity index (χ4v) is 2.46. The lowest BCUT2D eigenvalue weighted by molar-refractivity contribution is -0.143. The van der Waals surface area contributed by atoms with Gasteiger partial charge in [0, 0.05) is 5.75 Å². The Morgan fingerprint density at radius 3 is 2.12 bits per heavy atom. The lowest BCUT2D eigenvalue weighted by atomic mass is 10.2. The second-order valence-electron chi connectivity index (χ2n) is 5.44. The third-order valence-electron chi connectivity index (χ3n) is 3.33. The van der Waals surface area contributed by atoms with Crippen molar-refractivity contribution in [2.75, 3.05) is 24.4 Å². The molecule has 0 aliphatic rings. The number of rotatable bonds is 12. The number of thiol groups is 1. The molecule has 0 spiro atoms. The summed E-state index contributed by atoms with van der Waals surface area (Å²) in [6, 6.07) is -4.33. The minimum Gasteiger partial charge on any atom is -0.480 e. The Morgan fingerprint density at radius 2 is 1.65 bits per heavy atom. The van der Waals surface area contributed by atoms with E-state index in [0.717, 1.165) is 0 Å². The van der Waals surface area contributed by atoms with Gasteiger partial charge >= 0.3 is 5.97 Å². The second-order valence-corrected chi connectivity index (χ2v) is 6.79. The van der Waals surface area contributed by atoms with Crippen LogP contribution in [0.3, 0.4) is 0 Å². The summed E-state index contributed by atoms with van der Waals surface area (Å²) in [5.41, 5.74) is 5.71. The van der Waals surface area contributed by atoms with E-state index in [1.54, 1.807) is 11.8 Å². The van der Waals surface area contributed by atoms with E-state index in [0.29, 0.717) is 12.2 Å². The summed E-state index contributed by atoms with van der Waals surface area (Å²) < 4.78 is 0. The molecule has 3 amide bonds.